The summed E-state index contributed by atoms with van der Waals surface area (Å²) in [5, 5.41) is 11.3. The maximum absolute atomic E-state index is 14.9. The molecular formula is C23H24FN2O5-. The van der Waals surface area contributed by atoms with Crippen molar-refractivity contribution < 1.29 is 23.8 Å². The van der Waals surface area contributed by atoms with E-state index in [1.165, 1.54) is 6.20 Å². The van der Waals surface area contributed by atoms with E-state index in [0.29, 0.717) is 42.2 Å². The molecular weight excluding hydrogens is 403 g/mol. The number of benzene rings is 2. The predicted octanol–water partition coefficient (Wildman–Crippen LogP) is 2.22. The van der Waals surface area contributed by atoms with Crippen LogP contribution in [0.15, 0.2) is 41.3 Å². The molecule has 0 aliphatic rings. The van der Waals surface area contributed by atoms with Gasteiger partial charge in [-0.1, -0.05) is 6.07 Å². The molecule has 0 radical (unpaired) electrons. The summed E-state index contributed by atoms with van der Waals surface area (Å²) in [7, 11) is 4.89. The topological polar surface area (TPSA) is 83.8 Å². The van der Waals surface area contributed by atoms with Gasteiger partial charge in [0.2, 0.25) is 0 Å². The lowest BCUT2D eigenvalue weighted by molar-refractivity contribution is -0.255. The molecule has 0 atom stereocenters. The van der Waals surface area contributed by atoms with Gasteiger partial charge in [0.1, 0.15) is 5.82 Å². The molecule has 0 bridgehead atoms. The van der Waals surface area contributed by atoms with Crippen LogP contribution in [0.2, 0.25) is 0 Å². The number of carboxylic acid groups (broad SMARTS) is 1. The van der Waals surface area contributed by atoms with E-state index in [2.05, 4.69) is 0 Å². The Labute approximate surface area is 179 Å². The smallest absolute Gasteiger partial charge is 0.198 e. The van der Waals surface area contributed by atoms with Gasteiger partial charge in [-0.15, -0.1) is 0 Å². The van der Waals surface area contributed by atoms with Gasteiger partial charge < -0.3 is 28.8 Å². The number of nitrogens with zero attached hydrogens (tertiary/aromatic N) is 2. The summed E-state index contributed by atoms with van der Waals surface area (Å²) in [5.41, 5.74) is 0.541. The van der Waals surface area contributed by atoms with E-state index in [9.17, 15) is 19.1 Å². The van der Waals surface area contributed by atoms with Gasteiger partial charge in [-0.2, -0.15) is 0 Å². The first-order chi connectivity index (χ1) is 14.8. The molecule has 2 aromatic carbocycles. The maximum Gasteiger partial charge on any atom is 0.198 e. The first-order valence-electron chi connectivity index (χ1n) is 9.80. The van der Waals surface area contributed by atoms with Crippen molar-refractivity contribution in [1.82, 2.24) is 4.57 Å². The Morgan fingerprint density at radius 3 is 2.48 bits per heavy atom. The van der Waals surface area contributed by atoms with E-state index in [1.54, 1.807) is 36.8 Å². The zero-order valence-electron chi connectivity index (χ0n) is 17.9. The lowest BCUT2D eigenvalue weighted by Crippen LogP contribution is -2.30. The number of aryl methyl sites for hydroxylation is 1. The molecule has 0 saturated carbocycles. The summed E-state index contributed by atoms with van der Waals surface area (Å²) in [6, 6.07) is 8.28. The van der Waals surface area contributed by atoms with Crippen LogP contribution in [0.5, 0.6) is 11.5 Å². The maximum atomic E-state index is 14.9. The lowest BCUT2D eigenvalue weighted by atomic mass is 10.1. The second-order valence-electron chi connectivity index (χ2n) is 7.13. The van der Waals surface area contributed by atoms with Crippen molar-refractivity contribution in [2.75, 3.05) is 32.7 Å². The summed E-state index contributed by atoms with van der Waals surface area (Å²) in [6.07, 6.45) is 1.86. The molecule has 0 saturated heterocycles. The van der Waals surface area contributed by atoms with Gasteiger partial charge in [0.25, 0.3) is 0 Å². The molecule has 1 heterocycles. The van der Waals surface area contributed by atoms with Crippen LogP contribution in [0.4, 0.5) is 10.1 Å². The fraction of sp³-hybridized carbons (Fsp3) is 0.304. The molecule has 0 N–H and O–H groups in total. The van der Waals surface area contributed by atoms with Crippen LogP contribution in [-0.2, 0) is 13.0 Å². The molecule has 0 amide bonds. The van der Waals surface area contributed by atoms with Crippen molar-refractivity contribution in [2.45, 2.75) is 19.9 Å². The van der Waals surface area contributed by atoms with E-state index >= 15 is 0 Å². The second kappa shape index (κ2) is 9.07. The predicted molar refractivity (Wildman–Crippen MR) is 115 cm³/mol. The van der Waals surface area contributed by atoms with Gasteiger partial charge in [0, 0.05) is 31.7 Å². The molecule has 3 rings (SSSR count). The number of rotatable bonds is 8. The third-order valence-electron chi connectivity index (χ3n) is 5.30. The molecule has 3 aromatic rings. The number of aromatic carboxylic acids is 1. The monoisotopic (exact) mass is 427 g/mol. The van der Waals surface area contributed by atoms with Crippen LogP contribution < -0.4 is 24.9 Å². The van der Waals surface area contributed by atoms with Gasteiger partial charge in [-0.05, 0) is 43.2 Å². The number of aromatic nitrogens is 1. The van der Waals surface area contributed by atoms with E-state index < -0.39 is 22.8 Å². The van der Waals surface area contributed by atoms with Gasteiger partial charge in [0.05, 0.1) is 37.0 Å². The normalized spacial score (nSPS) is 10.9. The summed E-state index contributed by atoms with van der Waals surface area (Å²) < 4.78 is 27.0. The highest BCUT2D eigenvalue weighted by atomic mass is 19.1. The SMILES string of the molecule is CCn1cc(C(=O)[O-])c(=O)c2cc(F)c(N(C)CCc3ccc(OC)c(OC)c3)cc21. The first kappa shape index (κ1) is 22.1. The Kier molecular flexibility index (Phi) is 6.48. The Morgan fingerprint density at radius 1 is 1.16 bits per heavy atom. The highest BCUT2D eigenvalue weighted by molar-refractivity contribution is 5.92. The Balaban J connectivity index is 1.93. The highest BCUT2D eigenvalue weighted by Gasteiger charge is 2.16. The largest absolute Gasteiger partial charge is 0.545 e. The van der Waals surface area contributed by atoms with Gasteiger partial charge in [-0.3, -0.25) is 4.79 Å². The molecule has 0 spiro atoms. The Hall–Kier alpha value is -3.55. The summed E-state index contributed by atoms with van der Waals surface area (Å²) in [5.74, 6) is -0.924. The zero-order valence-corrected chi connectivity index (χ0v) is 17.9. The van der Waals surface area contributed by atoms with Crippen LogP contribution in [-0.4, -0.2) is 38.3 Å². The fourth-order valence-corrected chi connectivity index (χ4v) is 3.55. The minimum absolute atomic E-state index is 0.0121. The molecule has 7 nitrogen and oxygen atoms in total. The quantitative estimate of drug-likeness (QED) is 0.548. The van der Waals surface area contributed by atoms with Gasteiger partial charge in [0.15, 0.2) is 16.9 Å². The summed E-state index contributed by atoms with van der Waals surface area (Å²) in [6.45, 7) is 2.73. The van der Waals surface area contributed by atoms with Gasteiger partial charge in [-0.25, -0.2) is 4.39 Å². The van der Waals surface area contributed by atoms with Crippen LogP contribution in [0.1, 0.15) is 22.8 Å². The third-order valence-corrected chi connectivity index (χ3v) is 5.30. The number of likely N-dealkylation sites (N-methyl/N-ethyl adjacent to an activating group) is 1. The summed E-state index contributed by atoms with van der Waals surface area (Å²) >= 11 is 0. The second-order valence-corrected chi connectivity index (χ2v) is 7.13. The zero-order chi connectivity index (χ0) is 22.7. The highest BCUT2D eigenvalue weighted by Crippen LogP contribution is 2.28. The summed E-state index contributed by atoms with van der Waals surface area (Å²) in [4.78, 5) is 25.5. The number of halogens is 1. The van der Waals surface area contributed by atoms with E-state index in [1.807, 2.05) is 25.1 Å². The van der Waals surface area contributed by atoms with E-state index in [0.717, 1.165) is 11.6 Å². The van der Waals surface area contributed by atoms with Crippen molar-refractivity contribution >= 4 is 22.6 Å². The minimum atomic E-state index is -1.58. The van der Waals surface area contributed by atoms with Crippen molar-refractivity contribution in [2.24, 2.45) is 0 Å². The standard InChI is InChI=1S/C23H25FN2O5/c1-5-26-13-16(23(28)29)22(27)15-11-17(24)19(12-18(15)26)25(2)9-8-14-6-7-20(30-3)21(10-14)31-4/h6-7,10-13H,5,8-9H2,1-4H3,(H,28,29)/p-1. The molecule has 1 aromatic heterocycles. The Bertz CT molecular complexity index is 1190. The van der Waals surface area contributed by atoms with E-state index in [4.69, 9.17) is 9.47 Å². The number of carboxylic acids is 1. The number of methoxy groups -OCH3 is 2. The number of ether oxygens (including phenoxy) is 2. The van der Waals surface area contributed by atoms with Crippen molar-refractivity contribution in [3.05, 3.63) is 63.7 Å². The average molecular weight is 427 g/mol. The molecule has 164 valence electrons. The molecule has 0 unspecified atom stereocenters. The molecule has 8 heteroatoms. The molecule has 31 heavy (non-hydrogen) atoms. The molecule has 0 aliphatic carbocycles. The van der Waals surface area contributed by atoms with Crippen molar-refractivity contribution in [1.29, 1.82) is 0 Å². The number of hydrogen-bond acceptors (Lipinski definition) is 6. The Morgan fingerprint density at radius 2 is 1.87 bits per heavy atom. The van der Waals surface area contributed by atoms with Gasteiger partial charge >= 0.3 is 0 Å². The van der Waals surface area contributed by atoms with E-state index in [-0.39, 0.29) is 5.39 Å². The van der Waals surface area contributed by atoms with Crippen molar-refractivity contribution in [3.8, 4) is 11.5 Å². The number of carbonyl (C=O) groups excluding carboxylic acids is 1. The van der Waals surface area contributed by atoms with Crippen LogP contribution in [0.25, 0.3) is 10.9 Å². The number of fused-ring (bicyclic) bond motifs is 1. The van der Waals surface area contributed by atoms with Crippen molar-refractivity contribution in [3.63, 3.8) is 0 Å². The lowest BCUT2D eigenvalue weighted by Gasteiger charge is -2.22. The fourth-order valence-electron chi connectivity index (χ4n) is 3.55. The van der Waals surface area contributed by atoms with Crippen LogP contribution in [0, 0.1) is 5.82 Å². The number of carbonyl (C=O) groups is 1. The molecule has 0 fully saturated rings. The average Bonchev–Trinajstić information content (AvgIpc) is 2.77. The number of pyridine rings is 1. The first-order valence-corrected chi connectivity index (χ1v) is 9.80. The van der Waals surface area contributed by atoms with Crippen LogP contribution >= 0.6 is 0 Å². The number of anilines is 1. The third kappa shape index (κ3) is 4.33. The molecule has 0 aliphatic heterocycles. The number of hydrogen-bond donors (Lipinski definition) is 0. The van der Waals surface area contributed by atoms with Crippen LogP contribution in [0.3, 0.4) is 0 Å². The minimum Gasteiger partial charge on any atom is -0.545 e.